The Morgan fingerprint density at radius 2 is 1.92 bits per heavy atom. The molecule has 1 aliphatic carbocycles. The van der Waals surface area contributed by atoms with Gasteiger partial charge in [0.15, 0.2) is 5.58 Å². The third kappa shape index (κ3) is 2.87. The first-order valence-electron chi connectivity index (χ1n) is 9.08. The molecular formula is C19H24N2O3. The van der Waals surface area contributed by atoms with Crippen LogP contribution in [0.2, 0.25) is 0 Å². The molecule has 0 unspecified atom stereocenters. The summed E-state index contributed by atoms with van der Waals surface area (Å²) in [5.74, 6) is 1.29. The third-order valence-corrected chi connectivity index (χ3v) is 5.77. The second-order valence-electron chi connectivity index (χ2n) is 7.17. The first kappa shape index (κ1) is 15.5. The summed E-state index contributed by atoms with van der Waals surface area (Å²) >= 11 is 0. The highest BCUT2D eigenvalue weighted by molar-refractivity contribution is 5.77. The molecule has 24 heavy (non-hydrogen) atoms. The van der Waals surface area contributed by atoms with Crippen molar-refractivity contribution in [3.8, 4) is 0 Å². The Morgan fingerprint density at radius 3 is 2.79 bits per heavy atom. The van der Waals surface area contributed by atoms with Crippen molar-refractivity contribution in [1.82, 2.24) is 9.47 Å². The number of para-hydroxylation sites is 2. The first-order valence-corrected chi connectivity index (χ1v) is 9.08. The zero-order valence-electron chi connectivity index (χ0n) is 13.9. The lowest BCUT2D eigenvalue weighted by Gasteiger charge is -2.41. The summed E-state index contributed by atoms with van der Waals surface area (Å²) in [5.41, 5.74) is 1.35. The molecular weight excluding hydrogens is 304 g/mol. The molecule has 0 radical (unpaired) electrons. The number of oxazole rings is 1. The Morgan fingerprint density at radius 1 is 1.12 bits per heavy atom. The molecule has 128 valence electrons. The molecule has 1 saturated carbocycles. The zero-order valence-corrected chi connectivity index (χ0v) is 13.9. The number of amides is 1. The maximum absolute atomic E-state index is 12.6. The number of aromatic nitrogens is 1. The van der Waals surface area contributed by atoms with Crippen LogP contribution in [0.5, 0.6) is 0 Å². The number of nitrogens with zero attached hydrogens (tertiary/aromatic N) is 2. The Labute approximate surface area is 141 Å². The molecule has 2 atom stereocenters. The van der Waals surface area contributed by atoms with E-state index in [1.807, 2.05) is 23.1 Å². The number of fused-ring (bicyclic) bond motifs is 2. The number of carbonyl (C=O) groups is 1. The zero-order chi connectivity index (χ0) is 16.5. The van der Waals surface area contributed by atoms with E-state index in [4.69, 9.17) is 4.42 Å². The van der Waals surface area contributed by atoms with Crippen LogP contribution in [0.25, 0.3) is 11.1 Å². The third-order valence-electron chi connectivity index (χ3n) is 5.77. The molecule has 5 heteroatoms. The van der Waals surface area contributed by atoms with Crippen molar-refractivity contribution in [2.75, 3.05) is 13.1 Å². The van der Waals surface area contributed by atoms with Crippen molar-refractivity contribution < 1.29 is 9.21 Å². The normalized spacial score (nSPS) is 24.1. The summed E-state index contributed by atoms with van der Waals surface area (Å²) in [5, 5.41) is 0. The van der Waals surface area contributed by atoms with E-state index in [0.29, 0.717) is 24.5 Å². The Hall–Kier alpha value is -2.04. The highest BCUT2D eigenvalue weighted by Crippen LogP contribution is 2.36. The average Bonchev–Trinajstić information content (AvgIpc) is 2.94. The maximum atomic E-state index is 12.6. The number of likely N-dealkylation sites (tertiary alicyclic amines) is 1. The van der Waals surface area contributed by atoms with Crippen molar-refractivity contribution in [3.05, 3.63) is 34.8 Å². The van der Waals surface area contributed by atoms with Gasteiger partial charge in [0.05, 0.1) is 5.52 Å². The fourth-order valence-corrected chi connectivity index (χ4v) is 4.42. The molecule has 1 aliphatic heterocycles. The van der Waals surface area contributed by atoms with Gasteiger partial charge in [-0.3, -0.25) is 9.36 Å². The Bertz CT molecular complexity index is 791. The Kier molecular flexibility index (Phi) is 4.17. The van der Waals surface area contributed by atoms with Gasteiger partial charge >= 0.3 is 5.76 Å². The van der Waals surface area contributed by atoms with E-state index in [1.165, 1.54) is 25.7 Å². The minimum atomic E-state index is -0.380. The molecule has 4 rings (SSSR count). The van der Waals surface area contributed by atoms with Gasteiger partial charge in [-0.15, -0.1) is 0 Å². The Balaban J connectivity index is 1.41. The van der Waals surface area contributed by atoms with Gasteiger partial charge in [-0.2, -0.15) is 0 Å². The largest absolute Gasteiger partial charge is 0.419 e. The van der Waals surface area contributed by atoms with Crippen molar-refractivity contribution in [1.29, 1.82) is 0 Å². The highest BCUT2D eigenvalue weighted by atomic mass is 16.4. The summed E-state index contributed by atoms with van der Waals surface area (Å²) in [6.45, 7) is 2.17. The van der Waals surface area contributed by atoms with Crippen LogP contribution in [0.3, 0.4) is 0 Å². The van der Waals surface area contributed by atoms with Gasteiger partial charge in [0.25, 0.3) is 0 Å². The summed E-state index contributed by atoms with van der Waals surface area (Å²) in [6, 6.07) is 7.36. The summed E-state index contributed by atoms with van der Waals surface area (Å²) in [6.07, 6.45) is 6.76. The first-order chi connectivity index (χ1) is 11.7. The summed E-state index contributed by atoms with van der Waals surface area (Å²) in [7, 11) is 0. The molecule has 1 saturated heterocycles. The molecule has 1 amide bonds. The number of rotatable bonds is 3. The van der Waals surface area contributed by atoms with Crippen LogP contribution in [0.1, 0.15) is 38.5 Å². The van der Waals surface area contributed by atoms with E-state index in [9.17, 15) is 9.59 Å². The maximum Gasteiger partial charge on any atom is 0.419 e. The van der Waals surface area contributed by atoms with Crippen molar-refractivity contribution in [2.45, 2.75) is 45.1 Å². The minimum absolute atomic E-state index is 0.163. The molecule has 2 fully saturated rings. The SMILES string of the molecule is O=C(CCn1c(=O)oc2ccccc21)N1CC[C@@H]2CCCC[C@H]2C1. The second kappa shape index (κ2) is 6.46. The van der Waals surface area contributed by atoms with Crippen LogP contribution in [0.15, 0.2) is 33.5 Å². The molecule has 2 aliphatic rings. The van der Waals surface area contributed by atoms with E-state index in [-0.39, 0.29) is 11.7 Å². The van der Waals surface area contributed by atoms with E-state index in [1.54, 1.807) is 10.6 Å². The standard InChI is InChI=1S/C19H24N2O3/c22-18(20-11-9-14-5-1-2-6-15(14)13-20)10-12-21-16-7-3-4-8-17(16)24-19(21)23/h3-4,7-8,14-15H,1-2,5-6,9-13H2/t14-,15-/m0/s1. The molecule has 0 N–H and O–H groups in total. The number of hydrogen-bond acceptors (Lipinski definition) is 3. The molecule has 1 aromatic carbocycles. The number of hydrogen-bond donors (Lipinski definition) is 0. The number of carbonyl (C=O) groups excluding carboxylic acids is 1. The van der Waals surface area contributed by atoms with Crippen LogP contribution in [-0.2, 0) is 11.3 Å². The molecule has 0 bridgehead atoms. The predicted molar refractivity (Wildman–Crippen MR) is 91.7 cm³/mol. The van der Waals surface area contributed by atoms with E-state index in [2.05, 4.69) is 0 Å². The quantitative estimate of drug-likeness (QED) is 0.870. The monoisotopic (exact) mass is 328 g/mol. The van der Waals surface area contributed by atoms with Gasteiger partial charge in [0, 0.05) is 26.1 Å². The smallest absolute Gasteiger partial charge is 0.408 e. The number of piperidine rings is 1. The van der Waals surface area contributed by atoms with Gasteiger partial charge in [0.1, 0.15) is 0 Å². The fraction of sp³-hybridized carbons (Fsp3) is 0.579. The van der Waals surface area contributed by atoms with Crippen molar-refractivity contribution in [2.24, 2.45) is 11.8 Å². The average molecular weight is 328 g/mol. The van der Waals surface area contributed by atoms with Crippen LogP contribution in [0, 0.1) is 11.8 Å². The number of aryl methyl sites for hydroxylation is 1. The van der Waals surface area contributed by atoms with E-state index >= 15 is 0 Å². The second-order valence-corrected chi connectivity index (χ2v) is 7.17. The topological polar surface area (TPSA) is 55.5 Å². The van der Waals surface area contributed by atoms with Gasteiger partial charge in [-0.25, -0.2) is 4.79 Å². The van der Waals surface area contributed by atoms with Gasteiger partial charge in [-0.1, -0.05) is 31.4 Å². The predicted octanol–water partition coefficient (Wildman–Crippen LogP) is 3.02. The van der Waals surface area contributed by atoms with Gasteiger partial charge in [0.2, 0.25) is 5.91 Å². The molecule has 2 aromatic rings. The lowest BCUT2D eigenvalue weighted by Crippen LogP contribution is -2.45. The van der Waals surface area contributed by atoms with Crippen molar-refractivity contribution >= 4 is 17.0 Å². The van der Waals surface area contributed by atoms with Crippen molar-refractivity contribution in [3.63, 3.8) is 0 Å². The fourth-order valence-electron chi connectivity index (χ4n) is 4.42. The summed E-state index contributed by atoms with van der Waals surface area (Å²) < 4.78 is 6.80. The number of benzene rings is 1. The van der Waals surface area contributed by atoms with Gasteiger partial charge < -0.3 is 9.32 Å². The molecule has 1 aromatic heterocycles. The summed E-state index contributed by atoms with van der Waals surface area (Å²) in [4.78, 5) is 26.6. The van der Waals surface area contributed by atoms with Crippen LogP contribution in [-0.4, -0.2) is 28.5 Å². The van der Waals surface area contributed by atoms with E-state index < -0.39 is 0 Å². The van der Waals surface area contributed by atoms with Crippen LogP contribution >= 0.6 is 0 Å². The van der Waals surface area contributed by atoms with Crippen LogP contribution in [0.4, 0.5) is 0 Å². The lowest BCUT2D eigenvalue weighted by atomic mass is 9.75. The van der Waals surface area contributed by atoms with Gasteiger partial charge in [-0.05, 0) is 36.8 Å². The molecule has 2 heterocycles. The highest BCUT2D eigenvalue weighted by Gasteiger charge is 2.32. The van der Waals surface area contributed by atoms with Crippen LogP contribution < -0.4 is 5.76 Å². The van der Waals surface area contributed by atoms with E-state index in [0.717, 1.165) is 30.9 Å². The molecule has 5 nitrogen and oxygen atoms in total. The minimum Gasteiger partial charge on any atom is -0.408 e. The lowest BCUT2D eigenvalue weighted by molar-refractivity contribution is -0.134. The molecule has 0 spiro atoms.